The minimum atomic E-state index is -0.666. The van der Waals surface area contributed by atoms with Crippen LogP contribution in [0.2, 0.25) is 10.0 Å². The molecule has 2 nitrogen and oxygen atoms in total. The standard InChI is InChI=1S/C12H14Cl2O2/c1-3-7-16-12(8(2)15)11-9(13)5-4-6-10(11)14/h4-6,12H,3,7H2,1-2H3. The van der Waals surface area contributed by atoms with Gasteiger partial charge in [-0.25, -0.2) is 0 Å². The van der Waals surface area contributed by atoms with E-state index in [1.165, 1.54) is 6.92 Å². The highest BCUT2D eigenvalue weighted by Crippen LogP contribution is 2.32. The molecule has 0 aliphatic carbocycles. The van der Waals surface area contributed by atoms with Gasteiger partial charge in [0.15, 0.2) is 5.78 Å². The van der Waals surface area contributed by atoms with E-state index in [0.29, 0.717) is 22.2 Å². The summed E-state index contributed by atoms with van der Waals surface area (Å²) in [5, 5.41) is 0.924. The van der Waals surface area contributed by atoms with E-state index >= 15 is 0 Å². The Balaban J connectivity index is 3.05. The Morgan fingerprint density at radius 3 is 2.38 bits per heavy atom. The Morgan fingerprint density at radius 2 is 1.94 bits per heavy atom. The number of Topliss-reactive ketones (excluding diaryl/α,β-unsaturated/α-hetero) is 1. The van der Waals surface area contributed by atoms with E-state index in [1.54, 1.807) is 18.2 Å². The number of ketones is 1. The summed E-state index contributed by atoms with van der Waals surface area (Å²) in [5.74, 6) is -0.0940. The van der Waals surface area contributed by atoms with Crippen molar-refractivity contribution in [3.05, 3.63) is 33.8 Å². The third-order valence-corrected chi connectivity index (χ3v) is 2.78. The van der Waals surface area contributed by atoms with Crippen LogP contribution in [0.25, 0.3) is 0 Å². The molecule has 16 heavy (non-hydrogen) atoms. The first-order valence-corrected chi connectivity index (χ1v) is 5.89. The molecule has 0 aliphatic rings. The quantitative estimate of drug-likeness (QED) is 0.799. The van der Waals surface area contributed by atoms with Crippen molar-refractivity contribution >= 4 is 29.0 Å². The van der Waals surface area contributed by atoms with Crippen molar-refractivity contribution in [1.29, 1.82) is 0 Å². The Morgan fingerprint density at radius 1 is 1.38 bits per heavy atom. The number of benzene rings is 1. The van der Waals surface area contributed by atoms with Crippen LogP contribution in [0.15, 0.2) is 18.2 Å². The zero-order valence-corrected chi connectivity index (χ0v) is 10.8. The average molecular weight is 261 g/mol. The minimum absolute atomic E-state index is 0.0940. The van der Waals surface area contributed by atoms with Crippen molar-refractivity contribution in [3.63, 3.8) is 0 Å². The molecular formula is C12H14Cl2O2. The Bertz CT molecular complexity index is 357. The van der Waals surface area contributed by atoms with Crippen LogP contribution >= 0.6 is 23.2 Å². The number of carbonyl (C=O) groups excluding carboxylic acids is 1. The van der Waals surface area contributed by atoms with Crippen molar-refractivity contribution in [2.24, 2.45) is 0 Å². The highest BCUT2D eigenvalue weighted by Gasteiger charge is 2.22. The highest BCUT2D eigenvalue weighted by molar-refractivity contribution is 6.36. The summed E-state index contributed by atoms with van der Waals surface area (Å²) in [6, 6.07) is 5.15. The van der Waals surface area contributed by atoms with Gasteiger partial charge in [-0.1, -0.05) is 36.2 Å². The molecule has 4 heteroatoms. The van der Waals surface area contributed by atoms with Crippen LogP contribution in [0.5, 0.6) is 0 Å². The third-order valence-electron chi connectivity index (χ3n) is 2.12. The summed E-state index contributed by atoms with van der Waals surface area (Å²) in [4.78, 5) is 11.5. The second-order valence-electron chi connectivity index (χ2n) is 3.50. The molecule has 1 atom stereocenters. The number of ether oxygens (including phenoxy) is 1. The predicted molar refractivity (Wildman–Crippen MR) is 66.1 cm³/mol. The molecule has 88 valence electrons. The summed E-state index contributed by atoms with van der Waals surface area (Å²) in [5.41, 5.74) is 0.562. The summed E-state index contributed by atoms with van der Waals surface area (Å²) in [6.07, 6.45) is 0.174. The lowest BCUT2D eigenvalue weighted by Crippen LogP contribution is -2.14. The van der Waals surface area contributed by atoms with Crippen molar-refractivity contribution in [3.8, 4) is 0 Å². The monoisotopic (exact) mass is 260 g/mol. The van der Waals surface area contributed by atoms with Gasteiger partial charge in [-0.05, 0) is 25.5 Å². The molecule has 1 aromatic carbocycles. The number of hydrogen-bond acceptors (Lipinski definition) is 2. The SMILES string of the molecule is CCCOC(C(C)=O)c1c(Cl)cccc1Cl. The molecule has 0 N–H and O–H groups in total. The first-order valence-electron chi connectivity index (χ1n) is 5.13. The van der Waals surface area contributed by atoms with Crippen LogP contribution in [0.4, 0.5) is 0 Å². The molecule has 1 rings (SSSR count). The van der Waals surface area contributed by atoms with Gasteiger partial charge < -0.3 is 4.74 Å². The van der Waals surface area contributed by atoms with Gasteiger partial charge in [0.05, 0.1) is 0 Å². The zero-order chi connectivity index (χ0) is 12.1. The van der Waals surface area contributed by atoms with E-state index in [-0.39, 0.29) is 5.78 Å². The van der Waals surface area contributed by atoms with Gasteiger partial charge in [-0.3, -0.25) is 4.79 Å². The highest BCUT2D eigenvalue weighted by atomic mass is 35.5. The minimum Gasteiger partial charge on any atom is -0.366 e. The van der Waals surface area contributed by atoms with Crippen LogP contribution in [-0.2, 0) is 9.53 Å². The topological polar surface area (TPSA) is 26.3 Å². The van der Waals surface area contributed by atoms with Crippen molar-refractivity contribution in [2.75, 3.05) is 6.61 Å². The Labute approximate surface area is 106 Å². The molecule has 0 amide bonds. The number of halogens is 2. The second kappa shape index (κ2) is 6.24. The maximum absolute atomic E-state index is 11.5. The average Bonchev–Trinajstić information content (AvgIpc) is 2.21. The van der Waals surface area contributed by atoms with Crippen LogP contribution in [0.3, 0.4) is 0 Å². The molecule has 1 unspecified atom stereocenters. The fraction of sp³-hybridized carbons (Fsp3) is 0.417. The number of hydrogen-bond donors (Lipinski definition) is 0. The van der Waals surface area contributed by atoms with Crippen LogP contribution in [0.1, 0.15) is 31.9 Å². The summed E-state index contributed by atoms with van der Waals surface area (Å²) in [7, 11) is 0. The third kappa shape index (κ3) is 3.21. The van der Waals surface area contributed by atoms with Gasteiger partial charge in [-0.15, -0.1) is 0 Å². The van der Waals surface area contributed by atoms with Crippen molar-refractivity contribution in [2.45, 2.75) is 26.4 Å². The maximum atomic E-state index is 11.5. The molecule has 0 spiro atoms. The molecule has 0 bridgehead atoms. The van der Waals surface area contributed by atoms with Gasteiger partial charge in [0.25, 0.3) is 0 Å². The van der Waals surface area contributed by atoms with E-state index in [1.807, 2.05) is 6.92 Å². The molecule has 1 aromatic rings. The lowest BCUT2D eigenvalue weighted by atomic mass is 10.1. The second-order valence-corrected chi connectivity index (χ2v) is 4.31. The van der Waals surface area contributed by atoms with Gasteiger partial charge >= 0.3 is 0 Å². The number of rotatable bonds is 5. The summed E-state index contributed by atoms with van der Waals surface area (Å²) in [6.45, 7) is 3.96. The molecule has 0 saturated carbocycles. The molecule has 0 radical (unpaired) electrons. The molecule has 0 aromatic heterocycles. The van der Waals surface area contributed by atoms with Crippen LogP contribution < -0.4 is 0 Å². The number of carbonyl (C=O) groups is 1. The van der Waals surface area contributed by atoms with Gasteiger partial charge in [-0.2, -0.15) is 0 Å². The van der Waals surface area contributed by atoms with Crippen molar-refractivity contribution in [1.82, 2.24) is 0 Å². The Kier molecular flexibility index (Phi) is 5.26. The first-order chi connectivity index (χ1) is 7.57. The normalized spacial score (nSPS) is 12.5. The largest absolute Gasteiger partial charge is 0.366 e. The molecule has 0 aliphatic heterocycles. The van der Waals surface area contributed by atoms with E-state index in [9.17, 15) is 4.79 Å². The van der Waals surface area contributed by atoms with Gasteiger partial charge in [0.2, 0.25) is 0 Å². The summed E-state index contributed by atoms with van der Waals surface area (Å²) < 4.78 is 5.48. The van der Waals surface area contributed by atoms with Crippen LogP contribution in [-0.4, -0.2) is 12.4 Å². The lowest BCUT2D eigenvalue weighted by molar-refractivity contribution is -0.128. The van der Waals surface area contributed by atoms with Gasteiger partial charge in [0.1, 0.15) is 6.10 Å². The Hall–Kier alpha value is -0.570. The van der Waals surface area contributed by atoms with Crippen LogP contribution in [0, 0.1) is 0 Å². The van der Waals surface area contributed by atoms with Gasteiger partial charge in [0, 0.05) is 22.2 Å². The van der Waals surface area contributed by atoms with Crippen molar-refractivity contribution < 1.29 is 9.53 Å². The smallest absolute Gasteiger partial charge is 0.163 e. The first kappa shape index (κ1) is 13.5. The van der Waals surface area contributed by atoms with E-state index < -0.39 is 6.10 Å². The molecule has 0 fully saturated rings. The zero-order valence-electron chi connectivity index (χ0n) is 9.30. The van der Waals surface area contributed by atoms with E-state index in [0.717, 1.165) is 6.42 Å². The fourth-order valence-electron chi connectivity index (χ4n) is 1.40. The molecular weight excluding hydrogens is 247 g/mol. The maximum Gasteiger partial charge on any atom is 0.163 e. The molecule has 0 heterocycles. The molecule has 0 saturated heterocycles. The van der Waals surface area contributed by atoms with E-state index in [2.05, 4.69) is 0 Å². The van der Waals surface area contributed by atoms with E-state index in [4.69, 9.17) is 27.9 Å². The summed E-state index contributed by atoms with van der Waals surface area (Å²) >= 11 is 12.1. The lowest BCUT2D eigenvalue weighted by Gasteiger charge is -2.17. The predicted octanol–water partition coefficient (Wildman–Crippen LogP) is 4.05. The fourth-order valence-corrected chi connectivity index (χ4v) is 2.00.